The topological polar surface area (TPSA) is 80.4 Å². The fourth-order valence-electron chi connectivity index (χ4n) is 4.05. The maximum Gasteiger partial charge on any atom is 0.335 e. The van der Waals surface area contributed by atoms with E-state index in [9.17, 15) is 14.3 Å². The fourth-order valence-corrected chi connectivity index (χ4v) is 4.05. The van der Waals surface area contributed by atoms with E-state index in [-0.39, 0.29) is 17.3 Å². The smallest absolute Gasteiger partial charge is 0.335 e. The van der Waals surface area contributed by atoms with Gasteiger partial charge in [0.2, 0.25) is 0 Å². The van der Waals surface area contributed by atoms with Crippen LogP contribution in [0.2, 0.25) is 0 Å². The van der Waals surface area contributed by atoms with E-state index in [1.165, 1.54) is 12.1 Å². The minimum Gasteiger partial charge on any atom is -0.478 e. The molecule has 5 rings (SSSR count). The first-order chi connectivity index (χ1) is 14.9. The molecule has 7 heteroatoms. The average molecular weight is 414 g/mol. The maximum atomic E-state index is 13.6. The third-order valence-electron chi connectivity index (χ3n) is 5.43. The van der Waals surface area contributed by atoms with Crippen LogP contribution in [0, 0.1) is 5.82 Å². The third kappa shape index (κ3) is 3.09. The number of carboxylic acids is 1. The van der Waals surface area contributed by atoms with Crippen LogP contribution in [0.25, 0.3) is 28.0 Å². The predicted molar refractivity (Wildman–Crippen MR) is 117 cm³/mol. The molecule has 6 nitrogen and oxygen atoms in total. The highest BCUT2D eigenvalue weighted by atomic mass is 19.1. The van der Waals surface area contributed by atoms with E-state index >= 15 is 0 Å². The number of aromatic nitrogens is 3. The number of aromatic carboxylic acids is 1. The summed E-state index contributed by atoms with van der Waals surface area (Å²) in [6.45, 7) is 4.64. The van der Waals surface area contributed by atoms with Crippen LogP contribution in [0.3, 0.4) is 0 Å². The van der Waals surface area contributed by atoms with Gasteiger partial charge in [0, 0.05) is 23.2 Å². The predicted octanol–water partition coefficient (Wildman–Crippen LogP) is 4.98. The molecule has 0 atom stereocenters. The van der Waals surface area contributed by atoms with Gasteiger partial charge in [0.05, 0.1) is 17.8 Å². The zero-order chi connectivity index (χ0) is 21.7. The molecular weight excluding hydrogens is 395 g/mol. The van der Waals surface area contributed by atoms with E-state index in [1.807, 2.05) is 4.57 Å². The van der Waals surface area contributed by atoms with Crippen LogP contribution >= 0.6 is 0 Å². The average Bonchev–Trinajstić information content (AvgIpc) is 3.34. The molecule has 0 saturated heterocycles. The van der Waals surface area contributed by atoms with Crippen molar-refractivity contribution < 1.29 is 14.3 Å². The molecule has 3 heterocycles. The number of aliphatic imine (C=N–C) groups is 1. The van der Waals surface area contributed by atoms with Gasteiger partial charge in [-0.2, -0.15) is 0 Å². The lowest BCUT2D eigenvalue weighted by atomic mass is 9.97. The zero-order valence-corrected chi connectivity index (χ0v) is 17.0. The Morgan fingerprint density at radius 1 is 1.06 bits per heavy atom. The SMILES string of the molecule is CC(C)c1c(-c2ccc(C(=O)O)cc2)c2nc3c(nc2n1-c1ccc(F)cc1)C=NC3. The first kappa shape index (κ1) is 19.1. The zero-order valence-electron chi connectivity index (χ0n) is 17.0. The van der Waals surface area contributed by atoms with Gasteiger partial charge in [-0.3, -0.25) is 9.56 Å². The van der Waals surface area contributed by atoms with Crippen LogP contribution in [0.1, 0.15) is 47.2 Å². The van der Waals surface area contributed by atoms with Crippen LogP contribution in [-0.2, 0) is 6.54 Å². The van der Waals surface area contributed by atoms with E-state index < -0.39 is 5.97 Å². The Morgan fingerprint density at radius 3 is 2.42 bits per heavy atom. The molecule has 1 aliphatic heterocycles. The van der Waals surface area contributed by atoms with Crippen molar-refractivity contribution in [2.24, 2.45) is 4.99 Å². The quantitative estimate of drug-likeness (QED) is 0.511. The number of rotatable bonds is 4. The van der Waals surface area contributed by atoms with Crippen molar-refractivity contribution >= 4 is 23.3 Å². The highest BCUT2D eigenvalue weighted by molar-refractivity contribution is 5.97. The number of hydrogen-bond donors (Lipinski definition) is 1. The van der Waals surface area contributed by atoms with Gasteiger partial charge in [-0.05, 0) is 47.9 Å². The minimum absolute atomic E-state index is 0.0960. The molecule has 31 heavy (non-hydrogen) atoms. The maximum absolute atomic E-state index is 13.6. The molecule has 0 unspecified atom stereocenters. The Bertz CT molecular complexity index is 1350. The molecule has 1 N–H and O–H groups in total. The first-order valence-electron chi connectivity index (χ1n) is 9.98. The minimum atomic E-state index is -0.973. The number of carbonyl (C=O) groups is 1. The molecule has 4 aromatic rings. The van der Waals surface area contributed by atoms with Crippen molar-refractivity contribution in [3.63, 3.8) is 0 Å². The Balaban J connectivity index is 1.87. The normalized spacial score (nSPS) is 12.6. The molecule has 2 aromatic carbocycles. The molecule has 0 amide bonds. The summed E-state index contributed by atoms with van der Waals surface area (Å²) in [5.41, 5.74) is 6.66. The Labute approximate surface area is 177 Å². The van der Waals surface area contributed by atoms with Gasteiger partial charge in [0.25, 0.3) is 0 Å². The largest absolute Gasteiger partial charge is 0.478 e. The molecule has 0 aliphatic carbocycles. The summed E-state index contributed by atoms with van der Waals surface area (Å²) in [6.07, 6.45) is 1.72. The van der Waals surface area contributed by atoms with E-state index in [0.29, 0.717) is 12.2 Å². The monoisotopic (exact) mass is 414 g/mol. The van der Waals surface area contributed by atoms with Crippen molar-refractivity contribution in [3.05, 3.63) is 77.0 Å². The van der Waals surface area contributed by atoms with Crippen LogP contribution in [-0.4, -0.2) is 31.8 Å². The van der Waals surface area contributed by atoms with Crippen molar-refractivity contribution in [2.45, 2.75) is 26.3 Å². The second-order valence-electron chi connectivity index (χ2n) is 7.81. The number of carboxylic acid groups (broad SMARTS) is 1. The van der Waals surface area contributed by atoms with E-state index in [2.05, 4.69) is 18.8 Å². The summed E-state index contributed by atoms with van der Waals surface area (Å²) in [7, 11) is 0. The lowest BCUT2D eigenvalue weighted by Gasteiger charge is -2.15. The van der Waals surface area contributed by atoms with Gasteiger partial charge in [-0.1, -0.05) is 26.0 Å². The summed E-state index contributed by atoms with van der Waals surface area (Å²) in [6, 6.07) is 13.1. The van der Waals surface area contributed by atoms with Crippen molar-refractivity contribution in [1.29, 1.82) is 0 Å². The standard InChI is InChI=1S/C24H19FN4O2/c1-13(2)22-20(14-3-5-15(6-4-14)24(30)31)21-23(28-19-12-26-11-18(19)27-21)29(22)17-9-7-16(25)8-10-17/h3-10,12-13H,11H2,1-2H3,(H,30,31). The second-order valence-corrected chi connectivity index (χ2v) is 7.81. The summed E-state index contributed by atoms with van der Waals surface area (Å²) in [4.78, 5) is 25.3. The van der Waals surface area contributed by atoms with Crippen LogP contribution in [0.15, 0.2) is 53.5 Å². The summed E-state index contributed by atoms with van der Waals surface area (Å²) >= 11 is 0. The fraction of sp³-hybridized carbons (Fsp3) is 0.167. The van der Waals surface area contributed by atoms with Gasteiger partial charge in [-0.25, -0.2) is 19.2 Å². The van der Waals surface area contributed by atoms with Crippen LogP contribution < -0.4 is 0 Å². The Hall–Kier alpha value is -3.87. The molecule has 0 fully saturated rings. The summed E-state index contributed by atoms with van der Waals surface area (Å²) < 4.78 is 15.6. The number of halogens is 1. The molecule has 0 spiro atoms. The van der Waals surface area contributed by atoms with Gasteiger partial charge >= 0.3 is 5.97 Å². The lowest BCUT2D eigenvalue weighted by molar-refractivity contribution is 0.0697. The molecule has 1 aliphatic rings. The summed E-state index contributed by atoms with van der Waals surface area (Å²) in [5, 5.41) is 9.27. The van der Waals surface area contributed by atoms with Crippen molar-refractivity contribution in [1.82, 2.24) is 14.5 Å². The van der Waals surface area contributed by atoms with Gasteiger partial charge < -0.3 is 5.11 Å². The number of fused-ring (bicyclic) bond motifs is 2. The number of nitrogens with zero attached hydrogens (tertiary/aromatic N) is 4. The van der Waals surface area contributed by atoms with Gasteiger partial charge in [0.1, 0.15) is 17.0 Å². The van der Waals surface area contributed by atoms with Gasteiger partial charge in [0.15, 0.2) is 5.65 Å². The van der Waals surface area contributed by atoms with Gasteiger partial charge in [-0.15, -0.1) is 0 Å². The van der Waals surface area contributed by atoms with E-state index in [4.69, 9.17) is 9.97 Å². The van der Waals surface area contributed by atoms with Crippen LogP contribution in [0.4, 0.5) is 4.39 Å². The number of hydrogen-bond acceptors (Lipinski definition) is 4. The number of benzene rings is 2. The molecule has 0 saturated carbocycles. The van der Waals surface area contributed by atoms with Crippen molar-refractivity contribution in [2.75, 3.05) is 0 Å². The molecule has 154 valence electrons. The second kappa shape index (κ2) is 7.12. The molecule has 2 aromatic heterocycles. The molecule has 0 bridgehead atoms. The Morgan fingerprint density at radius 2 is 1.77 bits per heavy atom. The van der Waals surface area contributed by atoms with Crippen molar-refractivity contribution in [3.8, 4) is 16.8 Å². The highest BCUT2D eigenvalue weighted by Crippen LogP contribution is 2.39. The highest BCUT2D eigenvalue weighted by Gasteiger charge is 2.26. The van der Waals surface area contributed by atoms with E-state index in [1.54, 1.807) is 42.6 Å². The Kier molecular flexibility index (Phi) is 4.39. The van der Waals surface area contributed by atoms with Crippen LogP contribution in [0.5, 0.6) is 0 Å². The first-order valence-corrected chi connectivity index (χ1v) is 9.98. The molecule has 0 radical (unpaired) electrons. The lowest BCUT2D eigenvalue weighted by Crippen LogP contribution is -2.05. The van der Waals surface area contributed by atoms with E-state index in [0.717, 1.165) is 39.4 Å². The third-order valence-corrected chi connectivity index (χ3v) is 5.43. The summed E-state index contributed by atoms with van der Waals surface area (Å²) in [5.74, 6) is -1.19. The molecular formula is C24H19FN4O2.